The predicted molar refractivity (Wildman–Crippen MR) is 95.2 cm³/mol. The minimum atomic E-state index is 0.00193. The number of ether oxygens (including phenoxy) is 1. The summed E-state index contributed by atoms with van der Waals surface area (Å²) >= 11 is 0. The van der Waals surface area contributed by atoms with Crippen molar-refractivity contribution in [3.05, 3.63) is 29.8 Å². The van der Waals surface area contributed by atoms with Gasteiger partial charge in [0.2, 0.25) is 5.91 Å². The van der Waals surface area contributed by atoms with Crippen LogP contribution in [0.3, 0.4) is 0 Å². The van der Waals surface area contributed by atoms with Crippen molar-refractivity contribution in [1.29, 1.82) is 5.26 Å². The Kier molecular flexibility index (Phi) is 4.39. The van der Waals surface area contributed by atoms with Crippen LogP contribution in [-0.2, 0) is 9.53 Å². The molecule has 25 heavy (non-hydrogen) atoms. The fourth-order valence-electron chi connectivity index (χ4n) is 4.22. The zero-order valence-corrected chi connectivity index (χ0v) is 14.6. The Morgan fingerprint density at radius 3 is 2.96 bits per heavy atom. The van der Waals surface area contributed by atoms with Gasteiger partial charge in [0, 0.05) is 43.2 Å². The van der Waals surface area contributed by atoms with Crippen molar-refractivity contribution in [2.75, 3.05) is 44.3 Å². The molecule has 1 atom stereocenters. The SMILES string of the molecule is N#Cc1cccc(N2CCOCC3(CCCN(C(=O)C4CC4)C3)C2)c1. The van der Waals surface area contributed by atoms with Gasteiger partial charge in [0.15, 0.2) is 0 Å². The first-order valence-electron chi connectivity index (χ1n) is 9.31. The van der Waals surface area contributed by atoms with Gasteiger partial charge in [-0.2, -0.15) is 5.26 Å². The molecule has 1 aliphatic carbocycles. The Morgan fingerprint density at radius 1 is 1.28 bits per heavy atom. The molecule has 0 N–H and O–H groups in total. The molecule has 2 heterocycles. The molecule has 1 aromatic carbocycles. The van der Waals surface area contributed by atoms with Gasteiger partial charge in [-0.05, 0) is 43.9 Å². The molecule has 0 bridgehead atoms. The number of anilines is 1. The van der Waals surface area contributed by atoms with Crippen molar-refractivity contribution >= 4 is 11.6 Å². The van der Waals surface area contributed by atoms with Gasteiger partial charge in [-0.1, -0.05) is 6.07 Å². The lowest BCUT2D eigenvalue weighted by atomic mass is 9.79. The summed E-state index contributed by atoms with van der Waals surface area (Å²) in [4.78, 5) is 17.0. The molecule has 3 aliphatic rings. The van der Waals surface area contributed by atoms with E-state index in [-0.39, 0.29) is 11.3 Å². The molecule has 3 fully saturated rings. The third kappa shape index (κ3) is 3.50. The van der Waals surface area contributed by atoms with E-state index in [0.717, 1.165) is 64.2 Å². The maximum atomic E-state index is 12.5. The van der Waals surface area contributed by atoms with E-state index in [2.05, 4.69) is 21.9 Å². The van der Waals surface area contributed by atoms with Crippen molar-refractivity contribution in [2.45, 2.75) is 25.7 Å². The number of nitriles is 1. The molecule has 0 radical (unpaired) electrons. The van der Waals surface area contributed by atoms with Gasteiger partial charge in [0.25, 0.3) is 0 Å². The fraction of sp³-hybridized carbons (Fsp3) is 0.600. The van der Waals surface area contributed by atoms with Crippen LogP contribution in [-0.4, -0.2) is 50.2 Å². The molecule has 132 valence electrons. The van der Waals surface area contributed by atoms with Crippen LogP contribution < -0.4 is 4.90 Å². The summed E-state index contributed by atoms with van der Waals surface area (Å²) in [5, 5.41) is 9.17. The van der Waals surface area contributed by atoms with E-state index in [1.165, 1.54) is 0 Å². The summed E-state index contributed by atoms with van der Waals surface area (Å²) in [6, 6.07) is 10.0. The molecule has 5 heteroatoms. The van der Waals surface area contributed by atoms with Gasteiger partial charge in [-0.15, -0.1) is 0 Å². The zero-order chi connectivity index (χ0) is 17.3. The average molecular weight is 339 g/mol. The normalized spacial score (nSPS) is 27.0. The number of amides is 1. The van der Waals surface area contributed by atoms with Crippen LogP contribution in [0.4, 0.5) is 5.69 Å². The highest BCUT2D eigenvalue weighted by Crippen LogP contribution is 2.38. The number of nitrogens with zero attached hydrogens (tertiary/aromatic N) is 3. The number of piperidine rings is 1. The molecule has 1 amide bonds. The lowest BCUT2D eigenvalue weighted by Gasteiger charge is -2.44. The monoisotopic (exact) mass is 339 g/mol. The summed E-state index contributed by atoms with van der Waals surface area (Å²) in [7, 11) is 0. The van der Waals surface area contributed by atoms with Crippen LogP contribution in [0.5, 0.6) is 0 Å². The van der Waals surface area contributed by atoms with E-state index in [0.29, 0.717) is 18.1 Å². The summed E-state index contributed by atoms with van der Waals surface area (Å²) < 4.78 is 5.96. The smallest absolute Gasteiger partial charge is 0.225 e. The highest BCUT2D eigenvalue weighted by atomic mass is 16.5. The highest BCUT2D eigenvalue weighted by molar-refractivity contribution is 5.81. The van der Waals surface area contributed by atoms with Crippen LogP contribution in [0.2, 0.25) is 0 Å². The molecule has 0 aromatic heterocycles. The van der Waals surface area contributed by atoms with Gasteiger partial charge in [0.05, 0.1) is 24.8 Å². The summed E-state index contributed by atoms with van der Waals surface area (Å²) in [6.07, 6.45) is 4.27. The molecule has 1 saturated carbocycles. The molecular formula is C20H25N3O2. The van der Waals surface area contributed by atoms with Gasteiger partial charge in [0.1, 0.15) is 0 Å². The Balaban J connectivity index is 1.54. The summed E-state index contributed by atoms with van der Waals surface area (Å²) in [6.45, 7) is 4.81. The van der Waals surface area contributed by atoms with Crippen LogP contribution in [0.15, 0.2) is 24.3 Å². The standard InChI is InChI=1S/C20H25N3O2/c21-12-16-3-1-4-18(11-16)22-9-10-25-15-20(13-22)7-2-8-23(14-20)19(24)17-5-6-17/h1,3-4,11,17H,2,5-10,13-15H2. The van der Waals surface area contributed by atoms with E-state index in [9.17, 15) is 10.1 Å². The van der Waals surface area contributed by atoms with E-state index in [4.69, 9.17) is 4.74 Å². The second-order valence-electron chi connectivity index (χ2n) is 7.77. The van der Waals surface area contributed by atoms with Crippen molar-refractivity contribution in [3.8, 4) is 6.07 Å². The molecule has 5 nitrogen and oxygen atoms in total. The topological polar surface area (TPSA) is 56.6 Å². The minimum Gasteiger partial charge on any atom is -0.379 e. The van der Waals surface area contributed by atoms with Crippen LogP contribution in [0, 0.1) is 22.7 Å². The van der Waals surface area contributed by atoms with Crippen molar-refractivity contribution in [3.63, 3.8) is 0 Å². The maximum absolute atomic E-state index is 12.5. The van der Waals surface area contributed by atoms with Gasteiger partial charge in [-0.3, -0.25) is 4.79 Å². The largest absolute Gasteiger partial charge is 0.379 e. The first kappa shape index (κ1) is 16.4. The number of likely N-dealkylation sites (tertiary alicyclic amines) is 1. The first-order chi connectivity index (χ1) is 12.2. The van der Waals surface area contributed by atoms with E-state index in [1.54, 1.807) is 0 Å². The number of rotatable bonds is 2. The second-order valence-corrected chi connectivity index (χ2v) is 7.77. The Morgan fingerprint density at radius 2 is 2.16 bits per heavy atom. The molecule has 2 aliphatic heterocycles. The van der Waals surface area contributed by atoms with Crippen LogP contribution >= 0.6 is 0 Å². The summed E-state index contributed by atoms with van der Waals surface area (Å²) in [5.74, 6) is 0.631. The molecule has 2 saturated heterocycles. The third-order valence-corrected chi connectivity index (χ3v) is 5.68. The molecule has 4 rings (SSSR count). The first-order valence-corrected chi connectivity index (χ1v) is 9.31. The van der Waals surface area contributed by atoms with E-state index in [1.807, 2.05) is 18.2 Å². The van der Waals surface area contributed by atoms with Crippen LogP contribution in [0.25, 0.3) is 0 Å². The van der Waals surface area contributed by atoms with E-state index < -0.39 is 0 Å². The van der Waals surface area contributed by atoms with E-state index >= 15 is 0 Å². The lowest BCUT2D eigenvalue weighted by molar-refractivity contribution is -0.136. The van der Waals surface area contributed by atoms with Crippen molar-refractivity contribution in [2.24, 2.45) is 11.3 Å². The Bertz CT molecular complexity index is 694. The van der Waals surface area contributed by atoms with Gasteiger partial charge >= 0.3 is 0 Å². The number of hydrogen-bond donors (Lipinski definition) is 0. The highest BCUT2D eigenvalue weighted by Gasteiger charge is 2.43. The lowest BCUT2D eigenvalue weighted by Crippen LogP contribution is -2.52. The van der Waals surface area contributed by atoms with Crippen molar-refractivity contribution in [1.82, 2.24) is 4.90 Å². The average Bonchev–Trinajstić information content (AvgIpc) is 3.49. The molecule has 1 unspecified atom stereocenters. The molecular weight excluding hydrogens is 314 g/mol. The number of carbonyl (C=O) groups excluding carboxylic acids is 1. The molecule has 1 spiro atoms. The quantitative estimate of drug-likeness (QED) is 0.830. The number of hydrogen-bond acceptors (Lipinski definition) is 4. The van der Waals surface area contributed by atoms with Crippen molar-refractivity contribution < 1.29 is 9.53 Å². The maximum Gasteiger partial charge on any atom is 0.225 e. The van der Waals surface area contributed by atoms with Gasteiger partial charge in [-0.25, -0.2) is 0 Å². The fourth-order valence-corrected chi connectivity index (χ4v) is 4.22. The minimum absolute atomic E-state index is 0.00193. The number of benzene rings is 1. The second kappa shape index (κ2) is 6.68. The van der Waals surface area contributed by atoms with Gasteiger partial charge < -0.3 is 14.5 Å². The zero-order valence-electron chi connectivity index (χ0n) is 14.6. The molecule has 1 aromatic rings. The predicted octanol–water partition coefficient (Wildman–Crippen LogP) is 2.41. The van der Waals surface area contributed by atoms with Crippen LogP contribution in [0.1, 0.15) is 31.2 Å². The third-order valence-electron chi connectivity index (χ3n) is 5.68. The Hall–Kier alpha value is -2.06. The Labute approximate surface area is 149 Å². The number of carbonyl (C=O) groups is 1. The summed E-state index contributed by atoms with van der Waals surface area (Å²) in [5.41, 5.74) is 1.77.